The Morgan fingerprint density at radius 2 is 2.31 bits per heavy atom. The van der Waals surface area contributed by atoms with Gasteiger partial charge in [-0.1, -0.05) is 0 Å². The number of rotatable bonds is 6. The summed E-state index contributed by atoms with van der Waals surface area (Å²) in [7, 11) is 0. The summed E-state index contributed by atoms with van der Waals surface area (Å²) >= 11 is 0. The third kappa shape index (κ3) is 4.44. The van der Waals surface area contributed by atoms with Gasteiger partial charge < -0.3 is 24.9 Å². The molecule has 8 heteroatoms. The van der Waals surface area contributed by atoms with Crippen LogP contribution < -0.4 is 10.6 Å². The van der Waals surface area contributed by atoms with E-state index in [1.54, 1.807) is 37.0 Å². The third-order valence-electron chi connectivity index (χ3n) is 4.52. The third-order valence-corrected chi connectivity index (χ3v) is 4.52. The molecule has 1 fully saturated rings. The van der Waals surface area contributed by atoms with Crippen LogP contribution in [-0.4, -0.2) is 40.2 Å². The van der Waals surface area contributed by atoms with Crippen LogP contribution in [0.2, 0.25) is 0 Å². The fourth-order valence-corrected chi connectivity index (χ4v) is 3.21. The van der Waals surface area contributed by atoms with Crippen molar-refractivity contribution in [1.29, 1.82) is 0 Å². The second kappa shape index (κ2) is 7.51. The monoisotopic (exact) mass is 362 g/mol. The van der Waals surface area contributed by atoms with E-state index in [0.29, 0.717) is 23.6 Å². The van der Waals surface area contributed by atoms with Gasteiger partial charge in [0.25, 0.3) is 0 Å². The summed E-state index contributed by atoms with van der Waals surface area (Å²) in [5, 5.41) is 20.3. The summed E-state index contributed by atoms with van der Waals surface area (Å²) in [5.74, 6) is 1.37. The first kappa shape index (κ1) is 18.5. The van der Waals surface area contributed by atoms with Crippen LogP contribution in [0.15, 0.2) is 22.9 Å². The lowest BCUT2D eigenvalue weighted by Crippen LogP contribution is -2.40. The predicted molar refractivity (Wildman–Crippen MR) is 96.0 cm³/mol. The number of aryl methyl sites for hydroxylation is 2. The van der Waals surface area contributed by atoms with Crippen molar-refractivity contribution in [3.8, 4) is 0 Å². The smallest absolute Gasteiger partial charge is 0.319 e. The summed E-state index contributed by atoms with van der Waals surface area (Å²) in [6.07, 6.45) is 5.66. The number of anilines is 1. The normalized spacial score (nSPS) is 19.3. The van der Waals surface area contributed by atoms with Crippen molar-refractivity contribution in [2.45, 2.75) is 51.9 Å². The van der Waals surface area contributed by atoms with Gasteiger partial charge in [-0.2, -0.15) is 5.10 Å². The Balaban J connectivity index is 1.51. The first-order valence-corrected chi connectivity index (χ1v) is 8.82. The second-order valence-electron chi connectivity index (χ2n) is 6.99. The molecule has 0 radical (unpaired) electrons. The molecule has 3 rings (SSSR count). The van der Waals surface area contributed by atoms with E-state index >= 15 is 0 Å². The number of carbonyl (C=O) groups excluding carboxylic acids is 1. The molecule has 0 bridgehead atoms. The number of carbonyl (C=O) groups is 1. The summed E-state index contributed by atoms with van der Waals surface area (Å²) in [4.78, 5) is 12.1. The molecule has 2 aromatic rings. The highest BCUT2D eigenvalue weighted by molar-refractivity contribution is 5.88. The molecule has 2 atom stereocenters. The van der Waals surface area contributed by atoms with Crippen LogP contribution in [0.5, 0.6) is 0 Å². The highest BCUT2D eigenvalue weighted by Gasteiger charge is 2.28. The van der Waals surface area contributed by atoms with E-state index in [9.17, 15) is 9.90 Å². The van der Waals surface area contributed by atoms with Crippen LogP contribution in [0.4, 0.5) is 10.5 Å². The van der Waals surface area contributed by atoms with Gasteiger partial charge in [0, 0.05) is 18.4 Å². The number of nitrogens with zero attached hydrogens (tertiary/aromatic N) is 2. The molecule has 0 saturated carbocycles. The Morgan fingerprint density at radius 3 is 2.96 bits per heavy atom. The molecule has 8 nitrogen and oxygen atoms in total. The van der Waals surface area contributed by atoms with Crippen molar-refractivity contribution in [2.75, 3.05) is 18.5 Å². The van der Waals surface area contributed by atoms with Crippen LogP contribution in [-0.2, 0) is 16.9 Å². The van der Waals surface area contributed by atoms with E-state index in [4.69, 9.17) is 9.15 Å². The molecule has 0 spiro atoms. The fourth-order valence-electron chi connectivity index (χ4n) is 3.21. The quantitative estimate of drug-likeness (QED) is 0.732. The molecule has 2 amide bonds. The maximum Gasteiger partial charge on any atom is 0.319 e. The van der Waals surface area contributed by atoms with Crippen molar-refractivity contribution >= 4 is 11.7 Å². The molecule has 3 N–H and O–H groups in total. The minimum Gasteiger partial charge on any atom is -0.466 e. The number of hydrogen-bond donors (Lipinski definition) is 3. The zero-order valence-corrected chi connectivity index (χ0v) is 15.4. The highest BCUT2D eigenvalue weighted by atomic mass is 16.5. The Hall–Kier alpha value is -2.32. The number of furan rings is 1. The standard InChI is InChI=1S/C18H26N4O4/c1-12-7-16(13(2)26-12)18(3,24)11-19-17(23)21-14-8-20-22(9-14)10-15-5-4-6-25-15/h7-9,15,24H,4-6,10-11H2,1-3H3,(H2,19,21,23). The first-order chi connectivity index (χ1) is 12.3. The van der Waals surface area contributed by atoms with Gasteiger partial charge in [0.05, 0.1) is 31.1 Å². The van der Waals surface area contributed by atoms with Gasteiger partial charge in [0.15, 0.2) is 0 Å². The molecule has 1 aliphatic rings. The largest absolute Gasteiger partial charge is 0.466 e. The zero-order valence-electron chi connectivity index (χ0n) is 15.4. The van der Waals surface area contributed by atoms with Crippen molar-refractivity contribution in [2.24, 2.45) is 0 Å². The zero-order chi connectivity index (χ0) is 18.7. The Kier molecular flexibility index (Phi) is 5.33. The highest BCUT2D eigenvalue weighted by Crippen LogP contribution is 2.26. The fraction of sp³-hybridized carbons (Fsp3) is 0.556. The SMILES string of the molecule is Cc1cc(C(C)(O)CNC(=O)Nc2cnn(CC3CCCO3)c2)c(C)o1. The van der Waals surface area contributed by atoms with Crippen molar-refractivity contribution in [1.82, 2.24) is 15.1 Å². The van der Waals surface area contributed by atoms with Crippen molar-refractivity contribution in [3.05, 3.63) is 35.5 Å². The Labute approximate surface area is 152 Å². The lowest BCUT2D eigenvalue weighted by molar-refractivity contribution is 0.0584. The Bertz CT molecular complexity index is 759. The summed E-state index contributed by atoms with van der Waals surface area (Å²) in [6.45, 7) is 6.79. The van der Waals surface area contributed by atoms with Gasteiger partial charge in [0.2, 0.25) is 0 Å². The first-order valence-electron chi connectivity index (χ1n) is 8.82. The molecule has 1 saturated heterocycles. The summed E-state index contributed by atoms with van der Waals surface area (Å²) < 4.78 is 12.8. The van der Waals surface area contributed by atoms with E-state index in [1.807, 2.05) is 6.92 Å². The minimum absolute atomic E-state index is 0.0582. The molecular weight excluding hydrogens is 336 g/mol. The van der Waals surface area contributed by atoms with Gasteiger partial charge in [-0.25, -0.2) is 4.79 Å². The molecule has 0 aromatic carbocycles. The molecule has 142 valence electrons. The van der Waals surface area contributed by atoms with Gasteiger partial charge in [0.1, 0.15) is 17.1 Å². The molecule has 3 heterocycles. The van der Waals surface area contributed by atoms with E-state index in [2.05, 4.69) is 15.7 Å². The van der Waals surface area contributed by atoms with Crippen LogP contribution in [0.1, 0.15) is 36.8 Å². The lowest BCUT2D eigenvalue weighted by atomic mass is 9.96. The van der Waals surface area contributed by atoms with Crippen LogP contribution in [0, 0.1) is 13.8 Å². The van der Waals surface area contributed by atoms with Crippen molar-refractivity contribution in [3.63, 3.8) is 0 Å². The van der Waals surface area contributed by atoms with Crippen LogP contribution in [0.3, 0.4) is 0 Å². The van der Waals surface area contributed by atoms with Gasteiger partial charge in [-0.05, 0) is 39.7 Å². The van der Waals surface area contributed by atoms with E-state index < -0.39 is 11.6 Å². The van der Waals surface area contributed by atoms with Gasteiger partial charge in [-0.15, -0.1) is 0 Å². The number of ether oxygens (including phenoxy) is 1. The van der Waals surface area contributed by atoms with E-state index in [0.717, 1.165) is 25.2 Å². The Morgan fingerprint density at radius 1 is 1.50 bits per heavy atom. The van der Waals surface area contributed by atoms with Crippen molar-refractivity contribution < 1.29 is 19.1 Å². The second-order valence-corrected chi connectivity index (χ2v) is 6.99. The van der Waals surface area contributed by atoms with Crippen LogP contribution >= 0.6 is 0 Å². The molecular formula is C18H26N4O4. The van der Waals surface area contributed by atoms with Crippen LogP contribution in [0.25, 0.3) is 0 Å². The number of urea groups is 1. The number of hydrogen-bond acceptors (Lipinski definition) is 5. The average molecular weight is 362 g/mol. The summed E-state index contributed by atoms with van der Waals surface area (Å²) in [6, 6.07) is 1.38. The molecule has 2 aromatic heterocycles. The number of nitrogens with one attached hydrogen (secondary N) is 2. The average Bonchev–Trinajstić information content (AvgIpc) is 3.29. The summed E-state index contributed by atoms with van der Waals surface area (Å²) in [5.41, 5.74) is 0.0403. The number of aliphatic hydroxyl groups is 1. The molecule has 26 heavy (non-hydrogen) atoms. The van der Waals surface area contributed by atoms with E-state index in [1.165, 1.54) is 0 Å². The minimum atomic E-state index is -1.22. The maximum atomic E-state index is 12.1. The predicted octanol–water partition coefficient (Wildman–Crippen LogP) is 2.30. The maximum absolute atomic E-state index is 12.1. The lowest BCUT2D eigenvalue weighted by Gasteiger charge is -2.23. The number of aromatic nitrogens is 2. The number of amides is 2. The molecule has 1 aliphatic heterocycles. The van der Waals surface area contributed by atoms with Gasteiger partial charge >= 0.3 is 6.03 Å². The van der Waals surface area contributed by atoms with E-state index in [-0.39, 0.29) is 12.6 Å². The molecule has 0 aliphatic carbocycles. The molecule has 2 unspecified atom stereocenters. The van der Waals surface area contributed by atoms with Gasteiger partial charge in [-0.3, -0.25) is 4.68 Å². The topological polar surface area (TPSA) is 102 Å².